The summed E-state index contributed by atoms with van der Waals surface area (Å²) >= 11 is 1.59. The topological polar surface area (TPSA) is 57.8 Å². The highest BCUT2D eigenvalue weighted by Gasteiger charge is 2.16. The van der Waals surface area contributed by atoms with Gasteiger partial charge in [-0.05, 0) is 68.9 Å². The van der Waals surface area contributed by atoms with Gasteiger partial charge >= 0.3 is 0 Å². The molecule has 0 saturated heterocycles. The van der Waals surface area contributed by atoms with E-state index in [2.05, 4.69) is 33.5 Å². The maximum atomic E-state index is 12.4. The number of benzene rings is 1. The number of nitrogens with one attached hydrogen (secondary N) is 2. The first-order chi connectivity index (χ1) is 11.5. The van der Waals surface area contributed by atoms with Crippen molar-refractivity contribution < 1.29 is 0 Å². The number of anilines is 1. The van der Waals surface area contributed by atoms with Crippen molar-refractivity contribution in [1.29, 1.82) is 0 Å². The summed E-state index contributed by atoms with van der Waals surface area (Å²) in [5.74, 6) is 0.689. The van der Waals surface area contributed by atoms with E-state index in [0.717, 1.165) is 32.8 Å². The van der Waals surface area contributed by atoms with E-state index in [-0.39, 0.29) is 11.6 Å². The van der Waals surface area contributed by atoms with Crippen LogP contribution < -0.4 is 10.9 Å². The Morgan fingerprint density at radius 2 is 2.04 bits per heavy atom. The highest BCUT2D eigenvalue weighted by atomic mass is 32.1. The molecule has 1 atom stereocenters. The van der Waals surface area contributed by atoms with Gasteiger partial charge in [0.1, 0.15) is 10.7 Å². The normalized spacial score (nSPS) is 14.8. The van der Waals surface area contributed by atoms with E-state index in [1.165, 1.54) is 24.0 Å². The Labute approximate surface area is 145 Å². The van der Waals surface area contributed by atoms with Crippen LogP contribution in [0.5, 0.6) is 0 Å². The fraction of sp³-hybridized carbons (Fsp3) is 0.368. The number of rotatable bonds is 3. The van der Waals surface area contributed by atoms with Gasteiger partial charge in [0.2, 0.25) is 0 Å². The van der Waals surface area contributed by atoms with E-state index in [1.807, 2.05) is 20.8 Å². The van der Waals surface area contributed by atoms with Crippen molar-refractivity contribution in [3.8, 4) is 0 Å². The van der Waals surface area contributed by atoms with Crippen LogP contribution in [-0.2, 0) is 12.8 Å². The Morgan fingerprint density at radius 1 is 1.25 bits per heavy atom. The smallest absolute Gasteiger partial charge is 0.259 e. The van der Waals surface area contributed by atoms with E-state index in [4.69, 9.17) is 0 Å². The largest absolute Gasteiger partial charge is 0.375 e. The van der Waals surface area contributed by atoms with Crippen molar-refractivity contribution in [2.75, 3.05) is 5.32 Å². The molecule has 0 radical (unpaired) electrons. The van der Waals surface area contributed by atoms with E-state index in [0.29, 0.717) is 5.82 Å². The fourth-order valence-electron chi connectivity index (χ4n) is 3.46. The third-order valence-electron chi connectivity index (χ3n) is 4.95. The Kier molecular flexibility index (Phi) is 3.68. The minimum Gasteiger partial charge on any atom is -0.375 e. The predicted molar refractivity (Wildman–Crippen MR) is 100 cm³/mol. The number of aryl methyl sites for hydroxylation is 4. The van der Waals surface area contributed by atoms with Gasteiger partial charge in [-0.25, -0.2) is 4.98 Å². The standard InChI is InChI=1S/C19H21N3OS/c1-10-12(3)24-19-16(10)18(23)21-17(22-19)11(2)20-15-8-7-13-5-4-6-14(13)9-15/h7-9,11,20H,4-6H2,1-3H3,(H,21,22,23)/t11-/m1/s1. The van der Waals surface area contributed by atoms with Crippen molar-refractivity contribution >= 4 is 27.2 Å². The Balaban J connectivity index is 1.66. The third-order valence-corrected chi connectivity index (χ3v) is 6.05. The van der Waals surface area contributed by atoms with Gasteiger partial charge in [0.05, 0.1) is 11.4 Å². The number of hydrogen-bond donors (Lipinski definition) is 2. The summed E-state index contributed by atoms with van der Waals surface area (Å²) in [6.07, 6.45) is 3.60. The summed E-state index contributed by atoms with van der Waals surface area (Å²) in [4.78, 5) is 22.0. The van der Waals surface area contributed by atoms with Crippen LogP contribution in [0.3, 0.4) is 0 Å². The molecule has 0 amide bonds. The minimum atomic E-state index is -0.0516. The average molecular weight is 339 g/mol. The zero-order chi connectivity index (χ0) is 16.8. The molecule has 4 nitrogen and oxygen atoms in total. The molecular formula is C19H21N3OS. The molecule has 0 fully saturated rings. The van der Waals surface area contributed by atoms with Gasteiger partial charge in [0.25, 0.3) is 5.56 Å². The minimum absolute atomic E-state index is 0.0422. The molecule has 1 aliphatic rings. The Morgan fingerprint density at radius 3 is 2.88 bits per heavy atom. The summed E-state index contributed by atoms with van der Waals surface area (Å²) in [5, 5.41) is 4.20. The molecule has 0 saturated carbocycles. The monoisotopic (exact) mass is 339 g/mol. The van der Waals surface area contributed by atoms with Gasteiger partial charge in [-0.15, -0.1) is 11.3 Å². The fourth-order valence-corrected chi connectivity index (χ4v) is 4.49. The second-order valence-electron chi connectivity index (χ2n) is 6.62. The van der Waals surface area contributed by atoms with Crippen LogP contribution in [0.15, 0.2) is 23.0 Å². The molecule has 0 spiro atoms. The predicted octanol–water partition coefficient (Wildman–Crippen LogP) is 4.26. The average Bonchev–Trinajstić information content (AvgIpc) is 3.12. The number of aromatic amines is 1. The molecule has 5 heteroatoms. The van der Waals surface area contributed by atoms with Crippen LogP contribution in [0.25, 0.3) is 10.2 Å². The van der Waals surface area contributed by atoms with Gasteiger partial charge in [-0.1, -0.05) is 6.07 Å². The SMILES string of the molecule is Cc1sc2nc([C@@H](C)Nc3ccc4c(c3)CCC4)[nH]c(=O)c2c1C. The number of hydrogen-bond acceptors (Lipinski definition) is 4. The Bertz CT molecular complexity index is 986. The van der Waals surface area contributed by atoms with E-state index >= 15 is 0 Å². The second-order valence-corrected chi connectivity index (χ2v) is 7.82. The summed E-state index contributed by atoms with van der Waals surface area (Å²) in [7, 11) is 0. The third kappa shape index (κ3) is 2.53. The van der Waals surface area contributed by atoms with Gasteiger partial charge in [0, 0.05) is 10.6 Å². The van der Waals surface area contributed by atoms with Crippen molar-refractivity contribution in [3.63, 3.8) is 0 Å². The number of nitrogens with zero attached hydrogens (tertiary/aromatic N) is 1. The van der Waals surface area contributed by atoms with Gasteiger partial charge in [-0.3, -0.25) is 4.79 Å². The lowest BCUT2D eigenvalue weighted by Gasteiger charge is -2.15. The quantitative estimate of drug-likeness (QED) is 0.749. The molecule has 3 aromatic rings. The number of H-pyrrole nitrogens is 1. The van der Waals surface area contributed by atoms with Crippen molar-refractivity contribution in [1.82, 2.24) is 9.97 Å². The van der Waals surface area contributed by atoms with Gasteiger partial charge < -0.3 is 10.3 Å². The molecule has 24 heavy (non-hydrogen) atoms. The van der Waals surface area contributed by atoms with Crippen LogP contribution in [0, 0.1) is 13.8 Å². The van der Waals surface area contributed by atoms with Crippen LogP contribution in [-0.4, -0.2) is 9.97 Å². The maximum Gasteiger partial charge on any atom is 0.259 e. The van der Waals surface area contributed by atoms with Crippen LogP contribution in [0.1, 0.15) is 46.8 Å². The maximum absolute atomic E-state index is 12.4. The molecule has 1 aliphatic carbocycles. The van der Waals surface area contributed by atoms with Crippen LogP contribution >= 0.6 is 11.3 Å². The lowest BCUT2D eigenvalue weighted by molar-refractivity contribution is 0.792. The summed E-state index contributed by atoms with van der Waals surface area (Å²) < 4.78 is 0. The van der Waals surface area contributed by atoms with Gasteiger partial charge in [-0.2, -0.15) is 0 Å². The zero-order valence-electron chi connectivity index (χ0n) is 14.2. The zero-order valence-corrected chi connectivity index (χ0v) is 15.0. The highest BCUT2D eigenvalue weighted by Crippen LogP contribution is 2.28. The lowest BCUT2D eigenvalue weighted by Crippen LogP contribution is -2.17. The van der Waals surface area contributed by atoms with Crippen LogP contribution in [0.4, 0.5) is 5.69 Å². The molecule has 4 rings (SSSR count). The molecule has 124 valence electrons. The first-order valence-corrected chi connectivity index (χ1v) is 9.23. The number of aromatic nitrogens is 2. The second kappa shape index (κ2) is 5.74. The summed E-state index contributed by atoms with van der Waals surface area (Å²) in [5.41, 5.74) is 4.98. The molecule has 0 aliphatic heterocycles. The van der Waals surface area contributed by atoms with E-state index in [1.54, 1.807) is 11.3 Å². The van der Waals surface area contributed by atoms with E-state index in [9.17, 15) is 4.79 Å². The van der Waals surface area contributed by atoms with E-state index < -0.39 is 0 Å². The Hall–Kier alpha value is -2.14. The molecule has 0 bridgehead atoms. The molecular weight excluding hydrogens is 318 g/mol. The van der Waals surface area contributed by atoms with Crippen molar-refractivity contribution in [3.05, 3.63) is 55.9 Å². The van der Waals surface area contributed by atoms with Crippen molar-refractivity contribution in [2.24, 2.45) is 0 Å². The lowest BCUT2D eigenvalue weighted by atomic mass is 10.1. The molecule has 2 aromatic heterocycles. The summed E-state index contributed by atoms with van der Waals surface area (Å²) in [6.45, 7) is 6.05. The first kappa shape index (κ1) is 15.4. The molecule has 0 unspecified atom stereocenters. The molecule has 2 N–H and O–H groups in total. The van der Waals surface area contributed by atoms with Gasteiger partial charge in [0.15, 0.2) is 0 Å². The van der Waals surface area contributed by atoms with Crippen molar-refractivity contribution in [2.45, 2.75) is 46.1 Å². The van der Waals surface area contributed by atoms with Crippen LogP contribution in [0.2, 0.25) is 0 Å². The summed E-state index contributed by atoms with van der Waals surface area (Å²) in [6, 6.07) is 6.51. The number of fused-ring (bicyclic) bond motifs is 2. The molecule has 2 heterocycles. The number of thiophene rings is 1. The highest BCUT2D eigenvalue weighted by molar-refractivity contribution is 7.18. The first-order valence-electron chi connectivity index (χ1n) is 8.41. The molecule has 1 aromatic carbocycles.